The van der Waals surface area contributed by atoms with Gasteiger partial charge in [0.15, 0.2) is 0 Å². The largest absolute Gasteiger partial charge is 0.324 e. The Balaban J connectivity index is 2.04. The van der Waals surface area contributed by atoms with E-state index in [9.17, 15) is 0 Å². The number of aryl methyl sites for hydroxylation is 1. The van der Waals surface area contributed by atoms with Gasteiger partial charge in [-0.15, -0.1) is 0 Å². The third kappa shape index (κ3) is 2.24. The van der Waals surface area contributed by atoms with E-state index in [0.29, 0.717) is 6.04 Å². The van der Waals surface area contributed by atoms with Gasteiger partial charge >= 0.3 is 0 Å². The Morgan fingerprint density at radius 3 is 2.57 bits per heavy atom. The lowest BCUT2D eigenvalue weighted by Gasteiger charge is -2.02. The summed E-state index contributed by atoms with van der Waals surface area (Å²) in [5.74, 6) is 0. The highest BCUT2D eigenvalue weighted by atomic mass is 14.6. The molecule has 1 atom stereocenters. The van der Waals surface area contributed by atoms with Crippen LogP contribution < -0.4 is 5.73 Å². The lowest BCUT2D eigenvalue weighted by Crippen LogP contribution is -2.11. The van der Waals surface area contributed by atoms with Crippen molar-refractivity contribution in [2.75, 3.05) is 0 Å². The molecule has 74 valence electrons. The van der Waals surface area contributed by atoms with Crippen LogP contribution in [0.5, 0.6) is 0 Å². The molecule has 0 bridgehead atoms. The van der Waals surface area contributed by atoms with E-state index in [0.717, 1.165) is 12.8 Å². The molecule has 1 nitrogen and oxygen atoms in total. The van der Waals surface area contributed by atoms with Crippen LogP contribution in [0.3, 0.4) is 0 Å². The molecule has 1 unspecified atom stereocenters. The van der Waals surface area contributed by atoms with Crippen LogP contribution in [0.2, 0.25) is 0 Å². The minimum absolute atomic E-state index is 0.301. The third-order valence-electron chi connectivity index (χ3n) is 2.80. The van der Waals surface area contributed by atoms with E-state index in [2.05, 4.69) is 37.3 Å². The molecule has 2 N–H and O–H groups in total. The molecular weight excluding hydrogens is 170 g/mol. The fraction of sp³-hybridized carbons (Fsp3) is 0.385. The zero-order valence-electron chi connectivity index (χ0n) is 8.66. The molecule has 0 aromatic heterocycles. The van der Waals surface area contributed by atoms with Gasteiger partial charge in [-0.1, -0.05) is 41.5 Å². The number of allylic oxidation sites excluding steroid dienone is 1. The number of rotatable bonds is 2. The van der Waals surface area contributed by atoms with E-state index in [4.69, 9.17) is 5.73 Å². The maximum Gasteiger partial charge on any atom is 0.0229 e. The van der Waals surface area contributed by atoms with E-state index in [1.807, 2.05) is 0 Å². The highest BCUT2D eigenvalue weighted by Gasteiger charge is 2.11. The lowest BCUT2D eigenvalue weighted by atomic mass is 10.0. The maximum atomic E-state index is 5.83. The molecule has 0 fully saturated rings. The molecule has 1 aliphatic carbocycles. The Hall–Kier alpha value is -1.08. The van der Waals surface area contributed by atoms with Gasteiger partial charge in [0.2, 0.25) is 0 Å². The molecular formula is C13H17N. The van der Waals surface area contributed by atoms with Crippen molar-refractivity contribution in [2.45, 2.75) is 32.2 Å². The summed E-state index contributed by atoms with van der Waals surface area (Å²) in [4.78, 5) is 0. The van der Waals surface area contributed by atoms with Gasteiger partial charge in [-0.25, -0.2) is 0 Å². The van der Waals surface area contributed by atoms with Crippen LogP contribution >= 0.6 is 0 Å². The van der Waals surface area contributed by atoms with Gasteiger partial charge in [-0.3, -0.25) is 0 Å². The summed E-state index contributed by atoms with van der Waals surface area (Å²) in [6.07, 6.45) is 5.60. The Morgan fingerprint density at radius 2 is 2.00 bits per heavy atom. The molecule has 0 aliphatic heterocycles. The molecule has 0 heterocycles. The van der Waals surface area contributed by atoms with Gasteiger partial charge in [0.25, 0.3) is 0 Å². The van der Waals surface area contributed by atoms with Crippen LogP contribution in [0.1, 0.15) is 24.0 Å². The number of hydrogen-bond donors (Lipinski definition) is 1. The van der Waals surface area contributed by atoms with Crippen LogP contribution in [0.4, 0.5) is 0 Å². The average Bonchev–Trinajstić information content (AvgIpc) is 2.56. The molecule has 0 radical (unpaired) electrons. The first kappa shape index (κ1) is 9.47. The first-order valence-electron chi connectivity index (χ1n) is 5.25. The standard InChI is InChI=1S/C13H17N/c1-10-2-4-11(5-3-10)8-12-6-7-13(14)9-12/h2-5,9,13H,6-8,14H2,1H3. The van der Waals surface area contributed by atoms with Gasteiger partial charge in [0.05, 0.1) is 0 Å². The summed E-state index contributed by atoms with van der Waals surface area (Å²) in [5, 5.41) is 0. The van der Waals surface area contributed by atoms with E-state index < -0.39 is 0 Å². The number of benzene rings is 1. The van der Waals surface area contributed by atoms with Crippen molar-refractivity contribution >= 4 is 0 Å². The summed E-state index contributed by atoms with van der Waals surface area (Å²) in [6, 6.07) is 9.06. The molecule has 1 aromatic carbocycles. The number of nitrogens with two attached hydrogens (primary N) is 1. The van der Waals surface area contributed by atoms with Crippen molar-refractivity contribution in [3.05, 3.63) is 47.0 Å². The first-order valence-corrected chi connectivity index (χ1v) is 5.25. The van der Waals surface area contributed by atoms with Crippen LogP contribution in [-0.4, -0.2) is 6.04 Å². The molecule has 1 aromatic rings. The van der Waals surface area contributed by atoms with Crippen LogP contribution in [0.25, 0.3) is 0 Å². The average molecular weight is 187 g/mol. The molecule has 1 heteroatoms. The highest BCUT2D eigenvalue weighted by molar-refractivity contribution is 5.27. The smallest absolute Gasteiger partial charge is 0.0229 e. The molecule has 14 heavy (non-hydrogen) atoms. The topological polar surface area (TPSA) is 26.0 Å². The van der Waals surface area contributed by atoms with Gasteiger partial charge in [-0.05, 0) is 31.7 Å². The fourth-order valence-electron chi connectivity index (χ4n) is 1.94. The van der Waals surface area contributed by atoms with Gasteiger partial charge in [0.1, 0.15) is 0 Å². The second-order valence-electron chi connectivity index (χ2n) is 4.19. The maximum absolute atomic E-state index is 5.83. The zero-order chi connectivity index (χ0) is 9.97. The third-order valence-corrected chi connectivity index (χ3v) is 2.80. The Kier molecular flexibility index (Phi) is 2.69. The first-order chi connectivity index (χ1) is 6.74. The van der Waals surface area contributed by atoms with Crippen LogP contribution in [-0.2, 0) is 6.42 Å². The SMILES string of the molecule is Cc1ccc(CC2=CC(N)CC2)cc1. The molecule has 0 saturated carbocycles. The van der Waals surface area contributed by atoms with Crippen molar-refractivity contribution < 1.29 is 0 Å². The Bertz CT molecular complexity index is 335. The van der Waals surface area contributed by atoms with E-state index in [1.54, 1.807) is 0 Å². The summed E-state index contributed by atoms with van der Waals surface area (Å²) >= 11 is 0. The Labute approximate surface area is 85.6 Å². The predicted molar refractivity (Wildman–Crippen MR) is 60.2 cm³/mol. The summed E-state index contributed by atoms with van der Waals surface area (Å²) < 4.78 is 0. The van der Waals surface area contributed by atoms with Gasteiger partial charge < -0.3 is 5.73 Å². The molecule has 0 spiro atoms. The number of hydrogen-bond acceptors (Lipinski definition) is 1. The second kappa shape index (κ2) is 3.97. The normalized spacial score (nSPS) is 21.0. The van der Waals surface area contributed by atoms with Gasteiger partial charge in [-0.2, -0.15) is 0 Å². The molecule has 0 amide bonds. The molecule has 0 saturated heterocycles. The van der Waals surface area contributed by atoms with Crippen molar-refractivity contribution in [1.82, 2.24) is 0 Å². The van der Waals surface area contributed by atoms with Crippen molar-refractivity contribution in [3.63, 3.8) is 0 Å². The zero-order valence-corrected chi connectivity index (χ0v) is 8.66. The van der Waals surface area contributed by atoms with Gasteiger partial charge in [0, 0.05) is 6.04 Å². The molecule has 2 rings (SSSR count). The fourth-order valence-corrected chi connectivity index (χ4v) is 1.94. The van der Waals surface area contributed by atoms with Crippen molar-refractivity contribution in [3.8, 4) is 0 Å². The van der Waals surface area contributed by atoms with E-state index in [1.165, 1.54) is 23.1 Å². The Morgan fingerprint density at radius 1 is 1.29 bits per heavy atom. The molecule has 1 aliphatic rings. The predicted octanol–water partition coefficient (Wildman–Crippen LogP) is 2.59. The highest BCUT2D eigenvalue weighted by Crippen LogP contribution is 2.21. The van der Waals surface area contributed by atoms with Crippen LogP contribution in [0, 0.1) is 6.92 Å². The van der Waals surface area contributed by atoms with Crippen LogP contribution in [0.15, 0.2) is 35.9 Å². The minimum atomic E-state index is 0.301. The quantitative estimate of drug-likeness (QED) is 0.707. The van der Waals surface area contributed by atoms with E-state index >= 15 is 0 Å². The van der Waals surface area contributed by atoms with Crippen molar-refractivity contribution in [2.24, 2.45) is 5.73 Å². The minimum Gasteiger partial charge on any atom is -0.324 e. The van der Waals surface area contributed by atoms with E-state index in [-0.39, 0.29) is 0 Å². The monoisotopic (exact) mass is 187 g/mol. The second-order valence-corrected chi connectivity index (χ2v) is 4.19. The van der Waals surface area contributed by atoms with Crippen molar-refractivity contribution in [1.29, 1.82) is 0 Å². The summed E-state index contributed by atoms with van der Waals surface area (Å²) in [6.45, 7) is 2.12. The summed E-state index contributed by atoms with van der Waals surface area (Å²) in [5.41, 5.74) is 10.1. The lowest BCUT2D eigenvalue weighted by molar-refractivity contribution is 0.770. The summed E-state index contributed by atoms with van der Waals surface area (Å²) in [7, 11) is 0.